The molecule has 1 heterocycles. The highest BCUT2D eigenvalue weighted by atomic mass is 16.5. The predicted octanol–water partition coefficient (Wildman–Crippen LogP) is 3.15. The maximum absolute atomic E-state index is 12.2. The van der Waals surface area contributed by atoms with Crippen LogP contribution >= 0.6 is 0 Å². The molecule has 1 N–H and O–H groups in total. The van der Waals surface area contributed by atoms with Gasteiger partial charge in [-0.2, -0.15) is 0 Å². The number of hydrogen-bond acceptors (Lipinski definition) is 4. The molecule has 0 saturated carbocycles. The van der Waals surface area contributed by atoms with Crippen LogP contribution in [0.4, 0.5) is 0 Å². The van der Waals surface area contributed by atoms with Crippen LogP contribution in [0.25, 0.3) is 0 Å². The Hall–Kier alpha value is -1.59. The minimum atomic E-state index is 0.107. The Kier molecular flexibility index (Phi) is 8.22. The Balaban J connectivity index is 1.94. The summed E-state index contributed by atoms with van der Waals surface area (Å²) in [4.78, 5) is 14.6. The van der Waals surface area contributed by atoms with Crippen molar-refractivity contribution in [2.75, 3.05) is 33.4 Å². The van der Waals surface area contributed by atoms with Gasteiger partial charge >= 0.3 is 0 Å². The standard InChI is InChI=1S/C20H32N2O3/c1-4-22(5-2)19(16-8-6-9-18(14-16)24-3)15-21-20(23)12-11-17-10-7-13-25-17/h6,8-9,14,17,19H,4-5,7,10-13,15H2,1-3H3,(H,21,23). The summed E-state index contributed by atoms with van der Waals surface area (Å²) in [5.74, 6) is 0.954. The van der Waals surface area contributed by atoms with Crippen molar-refractivity contribution < 1.29 is 14.3 Å². The monoisotopic (exact) mass is 348 g/mol. The zero-order valence-corrected chi connectivity index (χ0v) is 15.8. The van der Waals surface area contributed by atoms with Crippen LogP contribution in [-0.4, -0.2) is 50.3 Å². The first kappa shape index (κ1) is 19.7. The maximum atomic E-state index is 12.2. The van der Waals surface area contributed by atoms with Crippen molar-refractivity contribution in [3.05, 3.63) is 29.8 Å². The van der Waals surface area contributed by atoms with Gasteiger partial charge in [0.05, 0.1) is 19.3 Å². The van der Waals surface area contributed by atoms with Crippen LogP contribution in [-0.2, 0) is 9.53 Å². The van der Waals surface area contributed by atoms with Crippen molar-refractivity contribution in [1.29, 1.82) is 0 Å². The average molecular weight is 348 g/mol. The topological polar surface area (TPSA) is 50.8 Å². The van der Waals surface area contributed by atoms with E-state index in [0.29, 0.717) is 13.0 Å². The summed E-state index contributed by atoms with van der Waals surface area (Å²) < 4.78 is 10.9. The van der Waals surface area contributed by atoms with Crippen molar-refractivity contribution in [2.24, 2.45) is 0 Å². The first-order valence-electron chi connectivity index (χ1n) is 9.44. The highest BCUT2D eigenvalue weighted by Crippen LogP contribution is 2.24. The summed E-state index contributed by atoms with van der Waals surface area (Å²) in [5, 5.41) is 3.11. The summed E-state index contributed by atoms with van der Waals surface area (Å²) >= 11 is 0. The number of carbonyl (C=O) groups excluding carboxylic acids is 1. The lowest BCUT2D eigenvalue weighted by Gasteiger charge is -2.30. The van der Waals surface area contributed by atoms with Crippen molar-refractivity contribution in [3.8, 4) is 5.75 Å². The van der Waals surface area contributed by atoms with E-state index in [1.165, 1.54) is 5.56 Å². The Bertz CT molecular complexity index is 525. The van der Waals surface area contributed by atoms with Crippen molar-refractivity contribution in [3.63, 3.8) is 0 Å². The molecule has 140 valence electrons. The molecule has 2 unspecified atom stereocenters. The number of methoxy groups -OCH3 is 1. The lowest BCUT2D eigenvalue weighted by atomic mass is 10.0. The second-order valence-corrected chi connectivity index (χ2v) is 6.49. The van der Waals surface area contributed by atoms with E-state index < -0.39 is 0 Å². The van der Waals surface area contributed by atoms with Crippen LogP contribution in [0.5, 0.6) is 5.75 Å². The van der Waals surface area contributed by atoms with Gasteiger partial charge in [0.15, 0.2) is 0 Å². The Morgan fingerprint density at radius 3 is 2.84 bits per heavy atom. The molecule has 1 aromatic rings. The van der Waals surface area contributed by atoms with E-state index in [2.05, 4.69) is 36.2 Å². The van der Waals surface area contributed by atoms with E-state index in [-0.39, 0.29) is 18.1 Å². The third-order valence-corrected chi connectivity index (χ3v) is 4.94. The molecule has 1 aliphatic rings. The molecule has 1 aromatic carbocycles. The molecule has 1 fully saturated rings. The summed E-state index contributed by atoms with van der Waals surface area (Å²) in [5.41, 5.74) is 1.17. The summed E-state index contributed by atoms with van der Waals surface area (Å²) in [6.45, 7) is 7.62. The number of carbonyl (C=O) groups is 1. The number of likely N-dealkylation sites (N-methyl/N-ethyl adjacent to an activating group) is 1. The van der Waals surface area contributed by atoms with Gasteiger partial charge in [-0.3, -0.25) is 9.69 Å². The molecule has 0 aromatic heterocycles. The minimum absolute atomic E-state index is 0.107. The zero-order chi connectivity index (χ0) is 18.1. The first-order valence-corrected chi connectivity index (χ1v) is 9.44. The molecule has 0 aliphatic carbocycles. The molecule has 0 radical (unpaired) electrons. The predicted molar refractivity (Wildman–Crippen MR) is 99.9 cm³/mol. The molecule has 5 nitrogen and oxygen atoms in total. The van der Waals surface area contributed by atoms with E-state index in [0.717, 1.165) is 44.7 Å². The first-order chi connectivity index (χ1) is 12.2. The Morgan fingerprint density at radius 1 is 1.40 bits per heavy atom. The van der Waals surface area contributed by atoms with Crippen molar-refractivity contribution in [1.82, 2.24) is 10.2 Å². The maximum Gasteiger partial charge on any atom is 0.220 e. The fraction of sp³-hybridized carbons (Fsp3) is 0.650. The van der Waals surface area contributed by atoms with Gasteiger partial charge in [-0.25, -0.2) is 0 Å². The molecule has 2 rings (SSSR count). The smallest absolute Gasteiger partial charge is 0.220 e. The van der Waals surface area contributed by atoms with Crippen LogP contribution in [0.1, 0.15) is 51.1 Å². The Labute approximate surface area is 151 Å². The molecule has 5 heteroatoms. The second kappa shape index (κ2) is 10.4. The number of ether oxygens (including phenoxy) is 2. The highest BCUT2D eigenvalue weighted by Gasteiger charge is 2.20. The van der Waals surface area contributed by atoms with Gasteiger partial charge in [0, 0.05) is 19.6 Å². The third kappa shape index (κ3) is 6.01. The SMILES string of the molecule is CCN(CC)C(CNC(=O)CCC1CCCO1)c1cccc(OC)c1. The van der Waals surface area contributed by atoms with E-state index in [9.17, 15) is 4.79 Å². The van der Waals surface area contributed by atoms with Gasteiger partial charge in [-0.1, -0.05) is 26.0 Å². The highest BCUT2D eigenvalue weighted by molar-refractivity contribution is 5.75. The second-order valence-electron chi connectivity index (χ2n) is 6.49. The van der Waals surface area contributed by atoms with E-state index in [1.54, 1.807) is 7.11 Å². The van der Waals surface area contributed by atoms with Gasteiger partial charge < -0.3 is 14.8 Å². The van der Waals surface area contributed by atoms with Crippen LogP contribution in [0, 0.1) is 0 Å². The molecular formula is C20H32N2O3. The number of nitrogens with zero attached hydrogens (tertiary/aromatic N) is 1. The van der Waals surface area contributed by atoms with Crippen LogP contribution in [0.2, 0.25) is 0 Å². The summed E-state index contributed by atoms with van der Waals surface area (Å²) in [6.07, 6.45) is 3.82. The summed E-state index contributed by atoms with van der Waals surface area (Å²) in [7, 11) is 1.68. The molecule has 1 aliphatic heterocycles. The third-order valence-electron chi connectivity index (χ3n) is 4.94. The van der Waals surface area contributed by atoms with E-state index in [1.807, 2.05) is 12.1 Å². The lowest BCUT2D eigenvalue weighted by Crippen LogP contribution is -2.38. The normalized spacial score (nSPS) is 18.3. The van der Waals surface area contributed by atoms with Gasteiger partial charge in [-0.05, 0) is 50.0 Å². The van der Waals surface area contributed by atoms with Gasteiger partial charge in [0.2, 0.25) is 5.91 Å². The Morgan fingerprint density at radius 2 is 2.20 bits per heavy atom. The molecule has 1 saturated heterocycles. The van der Waals surface area contributed by atoms with Crippen molar-refractivity contribution >= 4 is 5.91 Å². The average Bonchev–Trinajstić information content (AvgIpc) is 3.17. The van der Waals surface area contributed by atoms with Gasteiger partial charge in [0.1, 0.15) is 5.75 Å². The number of benzene rings is 1. The van der Waals surface area contributed by atoms with Crippen LogP contribution in [0.15, 0.2) is 24.3 Å². The fourth-order valence-electron chi connectivity index (χ4n) is 3.43. The number of amides is 1. The zero-order valence-electron chi connectivity index (χ0n) is 15.8. The molecule has 0 bridgehead atoms. The van der Waals surface area contributed by atoms with Gasteiger partial charge in [-0.15, -0.1) is 0 Å². The number of hydrogen-bond donors (Lipinski definition) is 1. The number of nitrogens with one attached hydrogen (secondary N) is 1. The fourth-order valence-corrected chi connectivity index (χ4v) is 3.43. The number of rotatable bonds is 10. The minimum Gasteiger partial charge on any atom is -0.497 e. The molecule has 1 amide bonds. The molecule has 25 heavy (non-hydrogen) atoms. The van der Waals surface area contributed by atoms with Crippen LogP contribution in [0.3, 0.4) is 0 Å². The lowest BCUT2D eigenvalue weighted by molar-refractivity contribution is -0.122. The van der Waals surface area contributed by atoms with Crippen LogP contribution < -0.4 is 10.1 Å². The van der Waals surface area contributed by atoms with E-state index in [4.69, 9.17) is 9.47 Å². The molecule has 0 spiro atoms. The van der Waals surface area contributed by atoms with E-state index >= 15 is 0 Å². The van der Waals surface area contributed by atoms with Crippen molar-refractivity contribution in [2.45, 2.75) is 51.7 Å². The summed E-state index contributed by atoms with van der Waals surface area (Å²) in [6, 6.07) is 8.26. The largest absolute Gasteiger partial charge is 0.497 e. The molecular weight excluding hydrogens is 316 g/mol. The molecule has 2 atom stereocenters. The quantitative estimate of drug-likeness (QED) is 0.706. The van der Waals surface area contributed by atoms with Gasteiger partial charge in [0.25, 0.3) is 0 Å².